The van der Waals surface area contributed by atoms with Gasteiger partial charge in [-0.3, -0.25) is 4.90 Å². The van der Waals surface area contributed by atoms with Crippen molar-refractivity contribution in [2.24, 2.45) is 0 Å². The molecule has 0 radical (unpaired) electrons. The minimum absolute atomic E-state index is 0.284. The molecule has 0 aromatic heterocycles. The van der Waals surface area contributed by atoms with Crippen LogP contribution in [0.3, 0.4) is 0 Å². The molecule has 2 atom stereocenters. The Morgan fingerprint density at radius 1 is 0.949 bits per heavy atom. The molecule has 6 heteroatoms. The van der Waals surface area contributed by atoms with Gasteiger partial charge in [0.2, 0.25) is 6.79 Å². The highest BCUT2D eigenvalue weighted by molar-refractivity contribution is 6.30. The van der Waals surface area contributed by atoms with Crippen molar-refractivity contribution in [3.05, 3.63) is 87.4 Å². The molecular weight excluding hydrogens is 508 g/mol. The fourth-order valence-corrected chi connectivity index (χ4v) is 5.61. The number of ether oxygens (including phenoxy) is 2. The minimum Gasteiger partial charge on any atom is -0.454 e. The lowest BCUT2D eigenvalue weighted by atomic mass is 9.93. The Morgan fingerprint density at radius 3 is 2.15 bits per heavy atom. The zero-order valence-electron chi connectivity index (χ0n) is 24.2. The maximum absolute atomic E-state index is 11.1. The standard InChI is InChI=1S/C20H21NO3.C11H16ClN.C2H6/c1-14-2-4-15(5-3-14)18-10-17(12-21(18)8-9-22)16-6-7-19-20(11-16)24-13-23-19;1-4-8-6-10(12)7-9(5-2)11(8)13-3;1-2/h2-7,9,11,17-18H,8,10,12-13H2,1H3;6-7,13H,4-5H2,1-3H3;1-2H3/t17-,18-;;/m1../s1. The molecular formula is C33H43ClN2O3. The van der Waals surface area contributed by atoms with Crippen molar-refractivity contribution in [1.82, 2.24) is 4.90 Å². The number of aldehydes is 1. The zero-order chi connectivity index (χ0) is 28.4. The molecule has 1 N–H and O–H groups in total. The van der Waals surface area contributed by atoms with Gasteiger partial charge in [0.25, 0.3) is 0 Å². The van der Waals surface area contributed by atoms with Gasteiger partial charge in [-0.2, -0.15) is 0 Å². The van der Waals surface area contributed by atoms with E-state index in [4.69, 9.17) is 21.1 Å². The molecule has 0 amide bonds. The van der Waals surface area contributed by atoms with Crippen molar-refractivity contribution in [2.75, 3.05) is 32.2 Å². The first-order chi connectivity index (χ1) is 19.0. The summed E-state index contributed by atoms with van der Waals surface area (Å²) in [5.41, 5.74) is 7.63. The van der Waals surface area contributed by atoms with E-state index in [0.717, 1.165) is 48.6 Å². The number of rotatable bonds is 7. The van der Waals surface area contributed by atoms with Gasteiger partial charge >= 0.3 is 0 Å². The van der Waals surface area contributed by atoms with E-state index in [9.17, 15) is 4.79 Å². The number of benzene rings is 3. The summed E-state index contributed by atoms with van der Waals surface area (Å²) >= 11 is 6.01. The average molecular weight is 551 g/mol. The highest BCUT2D eigenvalue weighted by Gasteiger charge is 2.34. The van der Waals surface area contributed by atoms with Crippen LogP contribution in [0.4, 0.5) is 5.69 Å². The lowest BCUT2D eigenvalue weighted by molar-refractivity contribution is -0.109. The van der Waals surface area contributed by atoms with Crippen LogP contribution in [0.2, 0.25) is 5.02 Å². The van der Waals surface area contributed by atoms with Gasteiger partial charge in [0, 0.05) is 30.3 Å². The van der Waals surface area contributed by atoms with Gasteiger partial charge in [-0.05, 0) is 78.6 Å². The van der Waals surface area contributed by atoms with Crippen molar-refractivity contribution >= 4 is 23.6 Å². The molecule has 2 heterocycles. The van der Waals surface area contributed by atoms with Crippen LogP contribution in [0, 0.1) is 6.92 Å². The molecule has 2 aliphatic rings. The van der Waals surface area contributed by atoms with Crippen LogP contribution in [-0.2, 0) is 17.6 Å². The Balaban J connectivity index is 0.000000239. The molecule has 0 saturated carbocycles. The molecule has 5 nitrogen and oxygen atoms in total. The van der Waals surface area contributed by atoms with E-state index >= 15 is 0 Å². The summed E-state index contributed by atoms with van der Waals surface area (Å²) in [6.45, 7) is 12.0. The number of likely N-dealkylation sites (tertiary alicyclic amines) is 1. The normalized spacial score (nSPS) is 17.5. The first-order valence-corrected chi connectivity index (χ1v) is 14.5. The number of hydrogen-bond donors (Lipinski definition) is 1. The second kappa shape index (κ2) is 14.9. The summed E-state index contributed by atoms with van der Waals surface area (Å²) in [5, 5.41) is 4.08. The van der Waals surface area contributed by atoms with Crippen molar-refractivity contribution in [1.29, 1.82) is 0 Å². The third-order valence-electron chi connectivity index (χ3n) is 7.32. The Kier molecular flexibility index (Phi) is 11.7. The van der Waals surface area contributed by atoms with Gasteiger partial charge in [-0.15, -0.1) is 0 Å². The van der Waals surface area contributed by atoms with Gasteiger partial charge in [0.05, 0.1) is 6.54 Å². The highest BCUT2D eigenvalue weighted by atomic mass is 35.5. The molecule has 5 rings (SSSR count). The summed E-state index contributed by atoms with van der Waals surface area (Å²) in [6, 6.07) is 19.2. The molecule has 0 unspecified atom stereocenters. The van der Waals surface area contributed by atoms with Crippen LogP contribution in [0.25, 0.3) is 0 Å². The third-order valence-corrected chi connectivity index (χ3v) is 7.54. The maximum atomic E-state index is 11.1. The van der Waals surface area contributed by atoms with Crippen molar-refractivity contribution in [2.45, 2.75) is 65.8 Å². The summed E-state index contributed by atoms with van der Waals surface area (Å²) in [4.78, 5) is 13.4. The molecule has 210 valence electrons. The lowest BCUT2D eigenvalue weighted by Crippen LogP contribution is -2.25. The Hall–Kier alpha value is -3.02. The van der Waals surface area contributed by atoms with E-state index in [1.165, 1.54) is 33.5 Å². The Morgan fingerprint density at radius 2 is 1.56 bits per heavy atom. The van der Waals surface area contributed by atoms with Crippen LogP contribution in [0.1, 0.15) is 73.9 Å². The van der Waals surface area contributed by atoms with Gasteiger partial charge in [-0.1, -0.05) is 75.2 Å². The zero-order valence-corrected chi connectivity index (χ0v) is 25.0. The van der Waals surface area contributed by atoms with Crippen molar-refractivity contribution in [3.63, 3.8) is 0 Å². The first kappa shape index (κ1) is 30.5. The van der Waals surface area contributed by atoms with E-state index in [-0.39, 0.29) is 6.04 Å². The average Bonchev–Trinajstić information content (AvgIpc) is 3.61. The number of halogens is 1. The number of fused-ring (bicyclic) bond motifs is 1. The van der Waals surface area contributed by atoms with E-state index in [1.54, 1.807) is 0 Å². The van der Waals surface area contributed by atoms with Crippen LogP contribution in [-0.4, -0.2) is 38.1 Å². The van der Waals surface area contributed by atoms with Crippen LogP contribution >= 0.6 is 11.6 Å². The Labute approximate surface area is 239 Å². The topological polar surface area (TPSA) is 50.8 Å². The molecule has 39 heavy (non-hydrogen) atoms. The summed E-state index contributed by atoms with van der Waals surface area (Å²) in [5.74, 6) is 2.04. The summed E-state index contributed by atoms with van der Waals surface area (Å²) in [6.07, 6.45) is 4.05. The monoisotopic (exact) mass is 550 g/mol. The van der Waals surface area contributed by atoms with Crippen LogP contribution in [0.5, 0.6) is 11.5 Å². The van der Waals surface area contributed by atoms with E-state index in [2.05, 4.69) is 67.4 Å². The van der Waals surface area contributed by atoms with Gasteiger partial charge in [0.15, 0.2) is 11.5 Å². The fraction of sp³-hybridized carbons (Fsp3) is 0.424. The predicted octanol–water partition coefficient (Wildman–Crippen LogP) is 7.99. The molecule has 0 bridgehead atoms. The van der Waals surface area contributed by atoms with E-state index < -0.39 is 0 Å². The number of carbonyl (C=O) groups excluding carboxylic acids is 1. The molecule has 3 aromatic rings. The number of anilines is 1. The first-order valence-electron chi connectivity index (χ1n) is 14.1. The molecule has 0 aliphatic carbocycles. The molecule has 0 spiro atoms. The minimum atomic E-state index is 0.284. The second-order valence-electron chi connectivity index (χ2n) is 9.65. The molecule has 3 aromatic carbocycles. The largest absolute Gasteiger partial charge is 0.454 e. The molecule has 1 fully saturated rings. The van der Waals surface area contributed by atoms with Crippen LogP contribution in [0.15, 0.2) is 54.6 Å². The van der Waals surface area contributed by atoms with Gasteiger partial charge < -0.3 is 19.6 Å². The maximum Gasteiger partial charge on any atom is 0.231 e. The Bertz CT molecular complexity index is 1190. The number of nitrogens with zero attached hydrogens (tertiary/aromatic N) is 1. The highest BCUT2D eigenvalue weighted by Crippen LogP contribution is 2.43. The summed E-state index contributed by atoms with van der Waals surface area (Å²) in [7, 11) is 1.96. The van der Waals surface area contributed by atoms with Gasteiger partial charge in [0.1, 0.15) is 6.29 Å². The lowest BCUT2D eigenvalue weighted by Gasteiger charge is -2.22. The number of aryl methyl sites for hydroxylation is 3. The van der Waals surface area contributed by atoms with E-state index in [1.807, 2.05) is 39.1 Å². The van der Waals surface area contributed by atoms with Crippen molar-refractivity contribution in [3.8, 4) is 11.5 Å². The molecule has 1 saturated heterocycles. The van der Waals surface area contributed by atoms with Crippen molar-refractivity contribution < 1.29 is 14.3 Å². The SMILES string of the molecule is CC.CCc1cc(Cl)cc(CC)c1NC.Cc1ccc([C@H]2C[C@@H](c3ccc4c(c3)OCO4)CN2CC=O)cc1. The smallest absolute Gasteiger partial charge is 0.231 e. The third kappa shape index (κ3) is 7.55. The summed E-state index contributed by atoms with van der Waals surface area (Å²) < 4.78 is 10.9. The number of nitrogens with one attached hydrogen (secondary N) is 1. The molecule has 2 aliphatic heterocycles. The van der Waals surface area contributed by atoms with Gasteiger partial charge in [-0.25, -0.2) is 0 Å². The number of hydrogen-bond acceptors (Lipinski definition) is 5. The quantitative estimate of drug-likeness (QED) is 0.302. The second-order valence-corrected chi connectivity index (χ2v) is 10.1. The number of carbonyl (C=O) groups is 1. The van der Waals surface area contributed by atoms with Crippen LogP contribution < -0.4 is 14.8 Å². The van der Waals surface area contributed by atoms with E-state index in [0.29, 0.717) is 19.3 Å². The fourth-order valence-electron chi connectivity index (χ4n) is 5.35. The predicted molar refractivity (Wildman–Crippen MR) is 163 cm³/mol.